The van der Waals surface area contributed by atoms with Crippen LogP contribution >= 0.6 is 0 Å². The zero-order valence-corrected chi connectivity index (χ0v) is 15.8. The average Bonchev–Trinajstić information content (AvgIpc) is 3.27. The van der Waals surface area contributed by atoms with Gasteiger partial charge in [-0.05, 0) is 43.2 Å². The Morgan fingerprint density at radius 3 is 2.82 bits per heavy atom. The molecule has 3 heteroatoms. The van der Waals surface area contributed by atoms with Gasteiger partial charge in [0.1, 0.15) is 22.7 Å². The first-order chi connectivity index (χ1) is 13.8. The summed E-state index contributed by atoms with van der Waals surface area (Å²) in [6, 6.07) is 14.7. The summed E-state index contributed by atoms with van der Waals surface area (Å²) in [7, 11) is 0. The molecule has 0 saturated carbocycles. The molecule has 0 bridgehead atoms. The summed E-state index contributed by atoms with van der Waals surface area (Å²) in [5.74, 6) is 2.55. The molecule has 0 fully saturated rings. The monoisotopic (exact) mass is 367 g/mol. The molecular formula is C25H21NO2. The minimum absolute atomic E-state index is 0.350. The van der Waals surface area contributed by atoms with Crippen LogP contribution in [0.3, 0.4) is 0 Å². The third kappa shape index (κ3) is 2.36. The third-order valence-electron chi connectivity index (χ3n) is 5.89. The van der Waals surface area contributed by atoms with Gasteiger partial charge in [0.2, 0.25) is 0 Å². The Labute approximate surface area is 163 Å². The molecule has 0 amide bonds. The molecule has 0 saturated heterocycles. The van der Waals surface area contributed by atoms with Crippen molar-refractivity contribution in [3.05, 3.63) is 76.9 Å². The maximum Gasteiger partial charge on any atom is 0.135 e. The van der Waals surface area contributed by atoms with Crippen LogP contribution in [0.4, 0.5) is 5.69 Å². The zero-order valence-electron chi connectivity index (χ0n) is 15.8. The Balaban J connectivity index is 1.40. The van der Waals surface area contributed by atoms with E-state index in [4.69, 9.17) is 8.83 Å². The number of para-hydroxylation sites is 1. The fraction of sp³-hybridized carbons (Fsp3) is 0.200. The fourth-order valence-electron chi connectivity index (χ4n) is 4.56. The fourth-order valence-corrected chi connectivity index (χ4v) is 4.56. The van der Waals surface area contributed by atoms with Crippen molar-refractivity contribution >= 4 is 39.8 Å². The molecule has 2 aliphatic carbocycles. The van der Waals surface area contributed by atoms with Gasteiger partial charge in [-0.3, -0.25) is 0 Å². The van der Waals surface area contributed by atoms with E-state index in [1.54, 1.807) is 0 Å². The van der Waals surface area contributed by atoms with Gasteiger partial charge in [-0.15, -0.1) is 0 Å². The van der Waals surface area contributed by atoms with Crippen molar-refractivity contribution in [2.75, 3.05) is 5.32 Å². The molecule has 2 aliphatic rings. The summed E-state index contributed by atoms with van der Waals surface area (Å²) in [5.41, 5.74) is 6.70. The number of furan rings is 2. The summed E-state index contributed by atoms with van der Waals surface area (Å²) in [5, 5.41) is 6.03. The Morgan fingerprint density at radius 1 is 0.964 bits per heavy atom. The molecule has 2 heterocycles. The lowest BCUT2D eigenvalue weighted by Crippen LogP contribution is -2.08. The van der Waals surface area contributed by atoms with Crippen molar-refractivity contribution in [2.24, 2.45) is 0 Å². The van der Waals surface area contributed by atoms with Crippen molar-refractivity contribution in [1.82, 2.24) is 0 Å². The zero-order chi connectivity index (χ0) is 18.7. The number of hydrogen-bond donors (Lipinski definition) is 1. The van der Waals surface area contributed by atoms with Crippen molar-refractivity contribution in [3.8, 4) is 0 Å². The molecule has 2 aromatic heterocycles. The maximum absolute atomic E-state index is 6.12. The van der Waals surface area contributed by atoms with E-state index in [0.717, 1.165) is 47.6 Å². The van der Waals surface area contributed by atoms with E-state index < -0.39 is 0 Å². The Hall–Kier alpha value is -3.20. The van der Waals surface area contributed by atoms with E-state index in [0.29, 0.717) is 5.92 Å². The van der Waals surface area contributed by atoms with Gasteiger partial charge in [0.25, 0.3) is 0 Å². The highest BCUT2D eigenvalue weighted by Gasteiger charge is 2.24. The van der Waals surface area contributed by atoms with Crippen molar-refractivity contribution in [3.63, 3.8) is 0 Å². The highest BCUT2D eigenvalue weighted by Crippen LogP contribution is 2.40. The van der Waals surface area contributed by atoms with Crippen LogP contribution in [0.1, 0.15) is 48.3 Å². The normalized spacial score (nSPS) is 18.2. The first kappa shape index (κ1) is 15.8. The van der Waals surface area contributed by atoms with Crippen LogP contribution in [-0.4, -0.2) is 0 Å². The SMILES string of the molecule is CC1CC(Nc2ccc3oc4c(c3c2)C=CCC4)=Cc2c1oc1ccccc21. The van der Waals surface area contributed by atoms with Crippen molar-refractivity contribution < 1.29 is 8.83 Å². The van der Waals surface area contributed by atoms with Crippen LogP contribution in [0, 0.1) is 0 Å². The molecule has 1 N–H and O–H groups in total. The largest absolute Gasteiger partial charge is 0.460 e. The van der Waals surface area contributed by atoms with E-state index in [-0.39, 0.29) is 0 Å². The molecule has 4 aromatic rings. The molecule has 0 radical (unpaired) electrons. The number of fused-ring (bicyclic) bond motifs is 6. The molecule has 1 unspecified atom stereocenters. The minimum atomic E-state index is 0.350. The summed E-state index contributed by atoms with van der Waals surface area (Å²) < 4.78 is 12.1. The molecule has 28 heavy (non-hydrogen) atoms. The number of allylic oxidation sites excluding steroid dienone is 2. The van der Waals surface area contributed by atoms with Crippen LogP contribution in [-0.2, 0) is 6.42 Å². The Morgan fingerprint density at radius 2 is 1.86 bits per heavy atom. The minimum Gasteiger partial charge on any atom is -0.460 e. The van der Waals surface area contributed by atoms with Gasteiger partial charge in [0.15, 0.2) is 0 Å². The summed E-state index contributed by atoms with van der Waals surface area (Å²) >= 11 is 0. The van der Waals surface area contributed by atoms with Crippen LogP contribution in [0.5, 0.6) is 0 Å². The van der Waals surface area contributed by atoms with Crippen LogP contribution in [0.25, 0.3) is 34.1 Å². The first-order valence-corrected chi connectivity index (χ1v) is 9.97. The molecule has 6 rings (SSSR count). The molecular weight excluding hydrogens is 346 g/mol. The number of rotatable bonds is 2. The first-order valence-electron chi connectivity index (χ1n) is 9.97. The van der Waals surface area contributed by atoms with E-state index in [1.165, 1.54) is 27.6 Å². The van der Waals surface area contributed by atoms with Gasteiger partial charge < -0.3 is 14.2 Å². The highest BCUT2D eigenvalue weighted by molar-refractivity contribution is 5.93. The number of benzene rings is 2. The second-order valence-corrected chi connectivity index (χ2v) is 7.87. The van der Waals surface area contributed by atoms with Gasteiger partial charge in [-0.1, -0.05) is 37.3 Å². The molecule has 3 nitrogen and oxygen atoms in total. The number of hydrogen-bond acceptors (Lipinski definition) is 3. The standard InChI is InChI=1S/C25H21NO2/c1-15-12-17(14-21-19-7-3-5-9-23(19)28-25(15)21)26-16-10-11-24-20(13-16)18-6-2-4-8-22(18)27-24/h2-3,5-7,9-11,13-15,26H,4,8,12H2,1H3. The molecule has 2 aromatic carbocycles. The van der Waals surface area contributed by atoms with Gasteiger partial charge in [-0.25, -0.2) is 0 Å². The van der Waals surface area contributed by atoms with E-state index in [2.05, 4.69) is 60.8 Å². The Bertz CT molecular complexity index is 1280. The third-order valence-corrected chi connectivity index (χ3v) is 5.89. The Kier molecular flexibility index (Phi) is 3.33. The molecule has 1 atom stereocenters. The van der Waals surface area contributed by atoms with Crippen LogP contribution < -0.4 is 5.32 Å². The smallest absolute Gasteiger partial charge is 0.135 e. The van der Waals surface area contributed by atoms with E-state index in [9.17, 15) is 0 Å². The second-order valence-electron chi connectivity index (χ2n) is 7.87. The number of aryl methyl sites for hydroxylation is 1. The van der Waals surface area contributed by atoms with Gasteiger partial charge in [0.05, 0.1) is 0 Å². The lowest BCUT2D eigenvalue weighted by molar-refractivity contribution is 0.499. The average molecular weight is 367 g/mol. The number of anilines is 1. The predicted molar refractivity (Wildman–Crippen MR) is 114 cm³/mol. The molecule has 0 aliphatic heterocycles. The van der Waals surface area contributed by atoms with E-state index >= 15 is 0 Å². The van der Waals surface area contributed by atoms with E-state index in [1.807, 2.05) is 12.1 Å². The predicted octanol–water partition coefficient (Wildman–Crippen LogP) is 7.10. The van der Waals surface area contributed by atoms with Crippen LogP contribution in [0.15, 0.2) is 63.1 Å². The van der Waals surface area contributed by atoms with Crippen molar-refractivity contribution in [2.45, 2.75) is 32.1 Å². The lowest BCUT2D eigenvalue weighted by atomic mass is 9.91. The second kappa shape index (κ2) is 5.90. The molecule has 0 spiro atoms. The van der Waals surface area contributed by atoms with Crippen LogP contribution in [0.2, 0.25) is 0 Å². The van der Waals surface area contributed by atoms with Crippen molar-refractivity contribution in [1.29, 1.82) is 0 Å². The highest BCUT2D eigenvalue weighted by atomic mass is 16.3. The summed E-state index contributed by atoms with van der Waals surface area (Å²) in [6.07, 6.45) is 9.66. The topological polar surface area (TPSA) is 38.3 Å². The summed E-state index contributed by atoms with van der Waals surface area (Å²) in [4.78, 5) is 0. The number of nitrogens with one attached hydrogen (secondary N) is 1. The lowest BCUT2D eigenvalue weighted by Gasteiger charge is -2.20. The van der Waals surface area contributed by atoms with Gasteiger partial charge in [-0.2, -0.15) is 0 Å². The quantitative estimate of drug-likeness (QED) is 0.411. The molecule has 138 valence electrons. The van der Waals surface area contributed by atoms with Gasteiger partial charge in [0, 0.05) is 45.6 Å². The van der Waals surface area contributed by atoms with Gasteiger partial charge >= 0.3 is 0 Å². The summed E-state index contributed by atoms with van der Waals surface area (Å²) in [6.45, 7) is 2.23. The maximum atomic E-state index is 6.12.